The smallest absolute Gasteiger partial charge is 0.188 e. The number of ether oxygens (including phenoxy) is 1. The lowest BCUT2D eigenvalue weighted by atomic mass is 9.95. The molecule has 4 rings (SSSR count). The van der Waals surface area contributed by atoms with Gasteiger partial charge in [0, 0.05) is 33.1 Å². The highest BCUT2D eigenvalue weighted by atomic mass is 79.9. The highest BCUT2D eigenvalue weighted by molar-refractivity contribution is 9.10. The molecule has 7 heteroatoms. The Balaban J connectivity index is 1.76. The van der Waals surface area contributed by atoms with Crippen molar-refractivity contribution in [2.75, 3.05) is 13.2 Å². The lowest BCUT2D eigenvalue weighted by molar-refractivity contribution is 0.0738. The van der Waals surface area contributed by atoms with Gasteiger partial charge in [-0.05, 0) is 56.4 Å². The number of fused-ring (bicyclic) bond motifs is 1. The Kier molecular flexibility index (Phi) is 6.28. The highest BCUT2D eigenvalue weighted by Gasteiger charge is 2.25. The fourth-order valence-electron chi connectivity index (χ4n) is 3.54. The second kappa shape index (κ2) is 8.77. The monoisotopic (exact) mass is 492 g/mol. The van der Waals surface area contributed by atoms with Gasteiger partial charge in [-0.3, -0.25) is 4.79 Å². The van der Waals surface area contributed by atoms with E-state index in [0.29, 0.717) is 34.2 Å². The Hall–Kier alpha value is -1.76. The molecule has 0 spiro atoms. The van der Waals surface area contributed by atoms with E-state index in [1.54, 1.807) is 18.5 Å². The van der Waals surface area contributed by atoms with Gasteiger partial charge in [-0.2, -0.15) is 0 Å². The summed E-state index contributed by atoms with van der Waals surface area (Å²) >= 11 is 9.76. The molecular formula is C23H23BrClFN2O2. The molecule has 1 aliphatic carbocycles. The minimum Gasteiger partial charge on any atom is -0.373 e. The van der Waals surface area contributed by atoms with Crippen molar-refractivity contribution in [3.8, 4) is 0 Å². The Morgan fingerprint density at radius 2 is 2.13 bits per heavy atom. The van der Waals surface area contributed by atoms with Crippen molar-refractivity contribution in [2.24, 2.45) is 5.92 Å². The van der Waals surface area contributed by atoms with Crippen LogP contribution in [-0.2, 0) is 11.2 Å². The van der Waals surface area contributed by atoms with Gasteiger partial charge in [-0.25, -0.2) is 9.37 Å². The van der Waals surface area contributed by atoms with E-state index in [-0.39, 0.29) is 30.4 Å². The van der Waals surface area contributed by atoms with Gasteiger partial charge in [0.25, 0.3) is 0 Å². The number of rotatable bonds is 8. The first kappa shape index (κ1) is 21.5. The van der Waals surface area contributed by atoms with Crippen LogP contribution >= 0.6 is 27.5 Å². The average molecular weight is 494 g/mol. The summed E-state index contributed by atoms with van der Waals surface area (Å²) in [6.07, 6.45) is 4.12. The number of imidazole rings is 1. The Morgan fingerprint density at radius 3 is 2.80 bits per heavy atom. The number of ketones is 1. The summed E-state index contributed by atoms with van der Waals surface area (Å²) < 4.78 is 23.9. The van der Waals surface area contributed by atoms with E-state index in [9.17, 15) is 4.79 Å². The maximum absolute atomic E-state index is 15.6. The van der Waals surface area contributed by atoms with Crippen LogP contribution in [0, 0.1) is 11.7 Å². The zero-order chi connectivity index (χ0) is 21.4. The summed E-state index contributed by atoms with van der Waals surface area (Å²) in [7, 11) is 0. The number of hydrogen-bond donors (Lipinski definition) is 0. The van der Waals surface area contributed by atoms with Crippen molar-refractivity contribution in [3.63, 3.8) is 0 Å². The summed E-state index contributed by atoms with van der Waals surface area (Å²) in [6, 6.07) is 7.29. The van der Waals surface area contributed by atoms with Gasteiger partial charge in [0.1, 0.15) is 12.1 Å². The second-order valence-electron chi connectivity index (χ2n) is 8.12. The van der Waals surface area contributed by atoms with Crippen molar-refractivity contribution in [1.82, 2.24) is 9.55 Å². The standard InChI is InChI=1S/C23H23BrClFN2O2/c1-13(2)28-12-27-23-20(28)9-17(21(29)11-30-10-14-3-4-14)18(22(23)26)7-15-5-6-16(24)8-19(15)25/h5-6,8-9,12-14H,3-4,7,10-11H2,1-2H3. The van der Waals surface area contributed by atoms with E-state index in [0.717, 1.165) is 22.9 Å². The van der Waals surface area contributed by atoms with Crippen molar-refractivity contribution in [2.45, 2.75) is 39.2 Å². The topological polar surface area (TPSA) is 44.1 Å². The van der Waals surface area contributed by atoms with Gasteiger partial charge in [-0.1, -0.05) is 33.6 Å². The van der Waals surface area contributed by atoms with Gasteiger partial charge in [0.15, 0.2) is 11.6 Å². The van der Waals surface area contributed by atoms with Crippen LogP contribution in [0.25, 0.3) is 11.0 Å². The van der Waals surface area contributed by atoms with E-state index < -0.39 is 5.82 Å². The molecule has 158 valence electrons. The maximum atomic E-state index is 15.6. The molecule has 0 atom stereocenters. The van der Waals surface area contributed by atoms with Gasteiger partial charge >= 0.3 is 0 Å². The van der Waals surface area contributed by atoms with Crippen LogP contribution in [0.15, 0.2) is 35.1 Å². The SMILES string of the molecule is CC(C)n1cnc2c(F)c(Cc3ccc(Br)cc3Cl)c(C(=O)COCC3CC3)cc21. The molecule has 0 radical (unpaired) electrons. The maximum Gasteiger partial charge on any atom is 0.188 e. The molecule has 0 bridgehead atoms. The third-order valence-corrected chi connectivity index (χ3v) is 6.28. The Bertz CT molecular complexity index is 1110. The van der Waals surface area contributed by atoms with E-state index in [1.807, 2.05) is 30.5 Å². The van der Waals surface area contributed by atoms with E-state index >= 15 is 4.39 Å². The molecule has 0 aliphatic heterocycles. The zero-order valence-corrected chi connectivity index (χ0v) is 19.3. The molecule has 1 fully saturated rings. The third-order valence-electron chi connectivity index (χ3n) is 5.43. The largest absolute Gasteiger partial charge is 0.373 e. The van der Waals surface area contributed by atoms with Crippen LogP contribution in [0.4, 0.5) is 4.39 Å². The predicted molar refractivity (Wildman–Crippen MR) is 120 cm³/mol. The fraction of sp³-hybridized carbons (Fsp3) is 0.391. The average Bonchev–Trinajstić information content (AvgIpc) is 3.41. The van der Waals surface area contributed by atoms with Gasteiger partial charge in [0.05, 0.1) is 18.5 Å². The molecule has 30 heavy (non-hydrogen) atoms. The van der Waals surface area contributed by atoms with E-state index in [1.165, 1.54) is 0 Å². The van der Waals surface area contributed by atoms with Crippen LogP contribution in [0.5, 0.6) is 0 Å². The molecule has 0 saturated heterocycles. The van der Waals surface area contributed by atoms with Crippen LogP contribution in [0.1, 0.15) is 54.2 Å². The molecule has 2 aromatic carbocycles. The number of nitrogens with zero attached hydrogens (tertiary/aromatic N) is 2. The lowest BCUT2D eigenvalue weighted by Gasteiger charge is -2.14. The normalized spacial score (nSPS) is 14.1. The van der Waals surface area contributed by atoms with E-state index in [2.05, 4.69) is 20.9 Å². The highest BCUT2D eigenvalue weighted by Crippen LogP contribution is 2.32. The molecule has 4 nitrogen and oxygen atoms in total. The van der Waals surface area contributed by atoms with Crippen molar-refractivity contribution in [3.05, 3.63) is 62.6 Å². The summed E-state index contributed by atoms with van der Waals surface area (Å²) in [6.45, 7) is 4.51. The molecule has 0 N–H and O–H groups in total. The predicted octanol–water partition coefficient (Wildman–Crippen LogP) is 6.37. The number of halogens is 3. The second-order valence-corrected chi connectivity index (χ2v) is 9.45. The van der Waals surface area contributed by atoms with Crippen LogP contribution in [0.3, 0.4) is 0 Å². The molecule has 3 aromatic rings. The molecule has 0 amide bonds. The van der Waals surface area contributed by atoms with Gasteiger partial charge in [0.2, 0.25) is 0 Å². The summed E-state index contributed by atoms with van der Waals surface area (Å²) in [4.78, 5) is 17.3. The zero-order valence-electron chi connectivity index (χ0n) is 16.9. The van der Waals surface area contributed by atoms with E-state index in [4.69, 9.17) is 16.3 Å². The molecular weight excluding hydrogens is 471 g/mol. The molecule has 0 unspecified atom stereocenters. The first-order chi connectivity index (χ1) is 14.3. The van der Waals surface area contributed by atoms with Gasteiger partial charge in [-0.15, -0.1) is 0 Å². The molecule has 1 aromatic heterocycles. The number of hydrogen-bond acceptors (Lipinski definition) is 3. The van der Waals surface area contributed by atoms with Gasteiger partial charge < -0.3 is 9.30 Å². The van der Waals surface area contributed by atoms with Crippen molar-refractivity contribution in [1.29, 1.82) is 0 Å². The number of carbonyl (C=O) groups is 1. The number of aromatic nitrogens is 2. The minimum absolute atomic E-state index is 0.0572. The van der Waals surface area contributed by atoms with Crippen LogP contribution < -0.4 is 0 Å². The molecule has 1 aliphatic rings. The summed E-state index contributed by atoms with van der Waals surface area (Å²) in [5, 5.41) is 0.514. The first-order valence-corrected chi connectivity index (χ1v) is 11.2. The Labute approximate surface area is 188 Å². The van der Waals surface area contributed by atoms with Crippen LogP contribution in [-0.4, -0.2) is 28.5 Å². The first-order valence-electron chi connectivity index (χ1n) is 10.1. The summed E-state index contributed by atoms with van der Waals surface area (Å²) in [5.41, 5.74) is 2.26. The fourth-order valence-corrected chi connectivity index (χ4v) is 4.28. The third kappa shape index (κ3) is 4.46. The minimum atomic E-state index is -0.476. The van der Waals surface area contributed by atoms with Crippen molar-refractivity contribution >= 4 is 44.3 Å². The number of carbonyl (C=O) groups excluding carboxylic acids is 1. The molecule has 1 saturated carbocycles. The summed E-state index contributed by atoms with van der Waals surface area (Å²) in [5.74, 6) is -0.145. The number of Topliss-reactive ketones (excluding diaryl/α,β-unsaturated/α-hetero) is 1. The quantitative estimate of drug-likeness (QED) is 0.342. The molecule has 1 heterocycles. The van der Waals surface area contributed by atoms with Crippen LogP contribution in [0.2, 0.25) is 5.02 Å². The number of benzene rings is 2. The Morgan fingerprint density at radius 1 is 1.37 bits per heavy atom. The lowest BCUT2D eigenvalue weighted by Crippen LogP contribution is -2.15. The van der Waals surface area contributed by atoms with Crippen molar-refractivity contribution < 1.29 is 13.9 Å².